The first-order valence-corrected chi connectivity index (χ1v) is 2.36. The normalized spacial score (nSPS) is 8.70. The van der Waals surface area contributed by atoms with E-state index in [-0.39, 0.29) is 11.5 Å². The molecule has 0 atom stereocenters. The molecule has 0 aromatic carbocycles. The van der Waals surface area contributed by atoms with Gasteiger partial charge in [0.2, 0.25) is 0 Å². The number of hydrogen-bond acceptors (Lipinski definition) is 5. The molecule has 0 saturated carbocycles. The van der Waals surface area contributed by atoms with Gasteiger partial charge >= 0.3 is 0 Å². The molecule has 1 aromatic rings. The lowest BCUT2D eigenvalue weighted by molar-refractivity contribution is 0.850. The molecule has 1 aromatic heterocycles. The van der Waals surface area contributed by atoms with Crippen molar-refractivity contribution in [2.75, 3.05) is 5.73 Å². The fraction of sp³-hybridized carbons (Fsp3) is 0. The number of nitroso groups, excluding NO2 is 1. The Morgan fingerprint density at radius 1 is 1.90 bits per heavy atom. The molecule has 0 aliphatic carbocycles. The molecule has 0 saturated heterocycles. The van der Waals surface area contributed by atoms with Crippen LogP contribution in [0.25, 0.3) is 0 Å². The highest BCUT2D eigenvalue weighted by Crippen LogP contribution is 2.05. The summed E-state index contributed by atoms with van der Waals surface area (Å²) in [5, 5.41) is 10.8. The van der Waals surface area contributed by atoms with Crippen LogP contribution in [0.1, 0.15) is 5.69 Å². The molecule has 0 amide bonds. The Hall–Kier alpha value is -1.90. The van der Waals surface area contributed by atoms with Crippen LogP contribution in [0.5, 0.6) is 0 Å². The molecule has 10 heavy (non-hydrogen) atoms. The van der Waals surface area contributed by atoms with Crippen molar-refractivity contribution in [1.82, 2.24) is 9.66 Å². The number of aromatic nitrogens is 2. The number of nitriles is 1. The first-order valence-electron chi connectivity index (χ1n) is 2.36. The second-order valence-corrected chi connectivity index (χ2v) is 1.52. The first-order chi connectivity index (χ1) is 4.79. The molecule has 0 radical (unpaired) electrons. The van der Waals surface area contributed by atoms with Crippen molar-refractivity contribution in [3.8, 4) is 6.07 Å². The van der Waals surface area contributed by atoms with Crippen LogP contribution in [0.15, 0.2) is 11.6 Å². The quantitative estimate of drug-likeness (QED) is 0.545. The van der Waals surface area contributed by atoms with Gasteiger partial charge in [-0.05, 0) is 0 Å². The van der Waals surface area contributed by atoms with E-state index in [0.717, 1.165) is 11.0 Å². The highest BCUT2D eigenvalue weighted by atomic mass is 16.3. The van der Waals surface area contributed by atoms with Crippen LogP contribution in [0.4, 0.5) is 5.82 Å². The maximum Gasteiger partial charge on any atom is 0.189 e. The Morgan fingerprint density at radius 3 is 3.00 bits per heavy atom. The van der Waals surface area contributed by atoms with Crippen molar-refractivity contribution in [3.05, 3.63) is 16.9 Å². The van der Waals surface area contributed by atoms with Crippen molar-refractivity contribution in [2.45, 2.75) is 0 Å². The van der Waals surface area contributed by atoms with E-state index in [1.54, 1.807) is 6.07 Å². The van der Waals surface area contributed by atoms with Gasteiger partial charge in [-0.1, -0.05) is 0 Å². The number of nitrogen functional groups attached to an aromatic ring is 1. The van der Waals surface area contributed by atoms with Gasteiger partial charge in [0, 0.05) is 0 Å². The van der Waals surface area contributed by atoms with Crippen molar-refractivity contribution < 1.29 is 0 Å². The van der Waals surface area contributed by atoms with E-state index in [0.29, 0.717) is 0 Å². The van der Waals surface area contributed by atoms with Gasteiger partial charge in [-0.3, -0.25) is 0 Å². The van der Waals surface area contributed by atoms with E-state index in [1.165, 1.54) is 0 Å². The fourth-order valence-corrected chi connectivity index (χ4v) is 0.524. The summed E-state index contributed by atoms with van der Waals surface area (Å²) in [6, 6.07) is 1.68. The number of hydrogen-bond donors (Lipinski definition) is 1. The number of anilines is 1. The Balaban J connectivity index is 3.29. The molecule has 0 bridgehead atoms. The molecule has 6 nitrogen and oxygen atoms in total. The van der Waals surface area contributed by atoms with Gasteiger partial charge < -0.3 is 5.73 Å². The van der Waals surface area contributed by atoms with Crippen LogP contribution in [0, 0.1) is 16.2 Å². The van der Waals surface area contributed by atoms with E-state index in [2.05, 4.69) is 10.3 Å². The Kier molecular flexibility index (Phi) is 1.33. The third-order valence-electron chi connectivity index (χ3n) is 0.972. The van der Waals surface area contributed by atoms with Crippen LogP contribution >= 0.6 is 0 Å². The van der Waals surface area contributed by atoms with Crippen LogP contribution in [0.3, 0.4) is 0 Å². The van der Waals surface area contributed by atoms with Gasteiger partial charge in [0.25, 0.3) is 0 Å². The van der Waals surface area contributed by atoms with Crippen LogP contribution in [-0.2, 0) is 0 Å². The van der Waals surface area contributed by atoms with Crippen molar-refractivity contribution in [3.63, 3.8) is 0 Å². The molecule has 50 valence electrons. The second kappa shape index (κ2) is 2.14. The monoisotopic (exact) mass is 137 g/mol. The SMILES string of the molecule is N#Cc1c(N)ncn1N=O. The highest BCUT2D eigenvalue weighted by molar-refractivity contribution is 5.43. The third kappa shape index (κ3) is 0.696. The van der Waals surface area contributed by atoms with Gasteiger partial charge in [-0.2, -0.15) is 9.94 Å². The molecule has 1 heterocycles. The fourth-order valence-electron chi connectivity index (χ4n) is 0.524. The summed E-state index contributed by atoms with van der Waals surface area (Å²) < 4.78 is 0.773. The van der Waals surface area contributed by atoms with E-state index in [9.17, 15) is 4.91 Å². The van der Waals surface area contributed by atoms with Crippen molar-refractivity contribution >= 4 is 5.82 Å². The van der Waals surface area contributed by atoms with E-state index < -0.39 is 0 Å². The Morgan fingerprint density at radius 2 is 2.60 bits per heavy atom. The Bertz CT molecular complexity index is 295. The summed E-state index contributed by atoms with van der Waals surface area (Å²) in [7, 11) is 0. The first kappa shape index (κ1) is 6.22. The third-order valence-corrected chi connectivity index (χ3v) is 0.972. The zero-order valence-corrected chi connectivity index (χ0v) is 4.85. The average Bonchev–Trinajstić information content (AvgIpc) is 2.30. The van der Waals surface area contributed by atoms with E-state index in [4.69, 9.17) is 11.0 Å². The lowest BCUT2D eigenvalue weighted by Gasteiger charge is -1.84. The maximum absolute atomic E-state index is 9.87. The Labute approximate surface area is 55.8 Å². The predicted molar refractivity (Wildman–Crippen MR) is 32.5 cm³/mol. The van der Waals surface area contributed by atoms with Gasteiger partial charge in [-0.25, -0.2) is 4.98 Å². The number of nitrogens with zero attached hydrogens (tertiary/aromatic N) is 4. The molecule has 0 aliphatic rings. The smallest absolute Gasteiger partial charge is 0.189 e. The van der Waals surface area contributed by atoms with Crippen molar-refractivity contribution in [1.29, 1.82) is 5.26 Å². The molecular formula is C4H3N5O. The van der Waals surface area contributed by atoms with E-state index >= 15 is 0 Å². The van der Waals surface area contributed by atoms with Gasteiger partial charge in [0.15, 0.2) is 11.5 Å². The molecule has 1 rings (SSSR count). The lowest BCUT2D eigenvalue weighted by Crippen LogP contribution is -1.92. The number of nitrogens with two attached hydrogens (primary N) is 1. The summed E-state index contributed by atoms with van der Waals surface area (Å²) in [4.78, 5) is 13.3. The summed E-state index contributed by atoms with van der Waals surface area (Å²) in [6.07, 6.45) is 1.08. The van der Waals surface area contributed by atoms with Crippen LogP contribution < -0.4 is 5.73 Å². The average molecular weight is 137 g/mol. The van der Waals surface area contributed by atoms with Gasteiger partial charge in [0.1, 0.15) is 12.4 Å². The summed E-state index contributed by atoms with van der Waals surface area (Å²) in [6.45, 7) is 0. The topological polar surface area (TPSA) is 97.1 Å². The molecule has 0 spiro atoms. The van der Waals surface area contributed by atoms with E-state index in [1.807, 2.05) is 0 Å². The summed E-state index contributed by atoms with van der Waals surface area (Å²) in [5.74, 6) is 0.0158. The number of imidazole rings is 1. The second-order valence-electron chi connectivity index (χ2n) is 1.52. The largest absolute Gasteiger partial charge is 0.381 e. The predicted octanol–water partition coefficient (Wildman–Crippen LogP) is -0.134. The molecule has 0 fully saturated rings. The van der Waals surface area contributed by atoms with Crippen LogP contribution in [-0.4, -0.2) is 9.66 Å². The lowest BCUT2D eigenvalue weighted by atomic mass is 10.5. The summed E-state index contributed by atoms with van der Waals surface area (Å²) >= 11 is 0. The summed E-state index contributed by atoms with van der Waals surface area (Å²) in [5.41, 5.74) is 5.14. The highest BCUT2D eigenvalue weighted by Gasteiger charge is 2.05. The molecular weight excluding hydrogens is 134 g/mol. The molecule has 6 heteroatoms. The maximum atomic E-state index is 9.87. The number of rotatable bonds is 1. The van der Waals surface area contributed by atoms with Gasteiger partial charge in [0.05, 0.1) is 5.29 Å². The van der Waals surface area contributed by atoms with Crippen LogP contribution in [0.2, 0.25) is 0 Å². The van der Waals surface area contributed by atoms with Crippen molar-refractivity contribution in [2.24, 2.45) is 5.29 Å². The van der Waals surface area contributed by atoms with Gasteiger partial charge in [-0.15, -0.1) is 4.91 Å². The standard InChI is InChI=1S/C4H3N5O/c5-1-3-4(6)7-2-9(3)8-10/h2H,6H2. The molecule has 2 N–H and O–H groups in total. The zero-order chi connectivity index (χ0) is 7.56. The molecule has 0 aliphatic heterocycles. The molecule has 0 unspecified atom stereocenters. The minimum atomic E-state index is -0.0324. The zero-order valence-electron chi connectivity index (χ0n) is 4.85. The minimum Gasteiger partial charge on any atom is -0.381 e. The minimum absolute atomic E-state index is 0.0158.